The van der Waals surface area contributed by atoms with Gasteiger partial charge < -0.3 is 4.74 Å². The third-order valence-corrected chi connectivity index (χ3v) is 5.01. The van der Waals surface area contributed by atoms with Gasteiger partial charge in [-0.25, -0.2) is 9.48 Å². The van der Waals surface area contributed by atoms with Crippen molar-refractivity contribution in [3.05, 3.63) is 45.9 Å². The number of nitrogens with one attached hydrogen (secondary N) is 1. The van der Waals surface area contributed by atoms with Gasteiger partial charge in [0.25, 0.3) is 25.8 Å². The number of ether oxygens (including phenoxy) is 1. The number of hydrogen-bond donors (Lipinski definition) is 3. The van der Waals surface area contributed by atoms with Gasteiger partial charge in [-0.3, -0.25) is 19.0 Å². The minimum Gasteiger partial charge on any atom is -0.461 e. The molecule has 0 aliphatic carbocycles. The second-order valence-corrected chi connectivity index (χ2v) is 7.85. The number of carbonyl (C=O) groups excluding carboxylic acids is 1. The summed E-state index contributed by atoms with van der Waals surface area (Å²) in [6.07, 6.45) is 0. The highest BCUT2D eigenvalue weighted by molar-refractivity contribution is 7.86. The molecule has 2 rings (SSSR count). The first kappa shape index (κ1) is 19.8. The number of hydrogen-bond acceptors (Lipinski definition) is 7. The molecule has 0 unspecified atom stereocenters. The first-order chi connectivity index (χ1) is 11.9. The Morgan fingerprint density at radius 3 is 2.35 bits per heavy atom. The molecule has 0 aliphatic heterocycles. The van der Waals surface area contributed by atoms with Gasteiger partial charge in [0, 0.05) is 6.07 Å². The third kappa shape index (κ3) is 4.37. The van der Waals surface area contributed by atoms with Gasteiger partial charge in [-0.15, -0.1) is 0 Å². The van der Waals surface area contributed by atoms with E-state index < -0.39 is 48.1 Å². The van der Waals surface area contributed by atoms with Crippen molar-refractivity contribution in [3.63, 3.8) is 0 Å². The quantitative estimate of drug-likeness (QED) is 0.437. The molecule has 1 aromatic heterocycles. The lowest BCUT2D eigenvalue weighted by Crippen LogP contribution is -2.18. The monoisotopic (exact) mass is 406 g/mol. The highest BCUT2D eigenvalue weighted by Crippen LogP contribution is 2.21. The fourth-order valence-electron chi connectivity index (χ4n) is 2.10. The highest BCUT2D eigenvalue weighted by Gasteiger charge is 2.21. The predicted octanol–water partition coefficient (Wildman–Crippen LogP) is -0.105. The van der Waals surface area contributed by atoms with Crippen LogP contribution < -0.4 is 5.56 Å². The Hall–Kier alpha value is -2.48. The molecular weight excluding hydrogens is 392 g/mol. The van der Waals surface area contributed by atoms with Crippen LogP contribution in [0.5, 0.6) is 0 Å². The van der Waals surface area contributed by atoms with Gasteiger partial charge in [0.1, 0.15) is 10.6 Å². The zero-order valence-electron chi connectivity index (χ0n) is 13.2. The van der Waals surface area contributed by atoms with Crippen LogP contribution in [-0.4, -0.2) is 48.3 Å². The van der Waals surface area contributed by atoms with Gasteiger partial charge >= 0.3 is 5.97 Å². The fourth-order valence-corrected chi connectivity index (χ4v) is 3.42. The van der Waals surface area contributed by atoms with Crippen LogP contribution in [0.1, 0.15) is 23.0 Å². The Kier molecular flexibility index (Phi) is 5.36. The molecule has 0 saturated carbocycles. The van der Waals surface area contributed by atoms with Crippen molar-refractivity contribution >= 4 is 26.2 Å². The van der Waals surface area contributed by atoms with Gasteiger partial charge in [0.2, 0.25) is 0 Å². The standard InChI is InChI=1S/C13H14N2O9S2/c1-2-24-13(17)10-6-12(16)15(14-10)7-8-3-4-9(25(18,19)20)5-11(8)26(21,22)23/h3-6,14H,2,7H2,1H3,(H,18,19,20)(H,21,22,23). The molecular formula is C13H14N2O9S2. The largest absolute Gasteiger partial charge is 0.461 e. The van der Waals surface area contributed by atoms with Crippen molar-refractivity contribution in [2.45, 2.75) is 23.3 Å². The summed E-state index contributed by atoms with van der Waals surface area (Å²) in [7, 11) is -9.57. The lowest BCUT2D eigenvalue weighted by Gasteiger charge is -2.09. The second kappa shape index (κ2) is 7.03. The van der Waals surface area contributed by atoms with Gasteiger partial charge in [0.05, 0.1) is 18.0 Å². The smallest absolute Gasteiger partial charge is 0.356 e. The van der Waals surface area contributed by atoms with Crippen molar-refractivity contribution in [2.75, 3.05) is 6.61 Å². The third-order valence-electron chi connectivity index (χ3n) is 3.23. The predicted molar refractivity (Wildman–Crippen MR) is 86.2 cm³/mol. The maximum atomic E-state index is 11.9. The van der Waals surface area contributed by atoms with Crippen LogP contribution in [-0.2, 0) is 31.5 Å². The molecule has 0 radical (unpaired) electrons. The summed E-state index contributed by atoms with van der Waals surface area (Å²) in [5, 5.41) is 2.42. The second-order valence-electron chi connectivity index (χ2n) is 5.03. The summed E-state index contributed by atoms with van der Waals surface area (Å²) >= 11 is 0. The lowest BCUT2D eigenvalue weighted by atomic mass is 10.2. The van der Waals surface area contributed by atoms with E-state index in [0.29, 0.717) is 6.07 Å². The SMILES string of the molecule is CCOC(=O)c1cc(=O)n(Cc2ccc(S(=O)(=O)O)cc2S(=O)(=O)O)[nH]1. The van der Waals surface area contributed by atoms with E-state index >= 15 is 0 Å². The number of aromatic amines is 1. The summed E-state index contributed by atoms with van der Waals surface area (Å²) in [4.78, 5) is 22.0. The van der Waals surface area contributed by atoms with Crippen molar-refractivity contribution in [2.24, 2.45) is 0 Å². The molecule has 0 fully saturated rings. The van der Waals surface area contributed by atoms with E-state index in [2.05, 4.69) is 5.10 Å². The van der Waals surface area contributed by atoms with Gasteiger partial charge in [-0.1, -0.05) is 6.07 Å². The Balaban J connectivity index is 2.51. The molecule has 26 heavy (non-hydrogen) atoms. The normalized spacial score (nSPS) is 12.1. The first-order valence-electron chi connectivity index (χ1n) is 6.98. The summed E-state index contributed by atoms with van der Waals surface area (Å²) in [6, 6.07) is 3.40. The Morgan fingerprint density at radius 2 is 1.81 bits per heavy atom. The molecule has 0 aliphatic rings. The number of H-pyrrole nitrogens is 1. The van der Waals surface area contributed by atoms with E-state index in [1.54, 1.807) is 6.92 Å². The van der Waals surface area contributed by atoms with E-state index in [1.165, 1.54) is 0 Å². The van der Waals surface area contributed by atoms with Crippen molar-refractivity contribution in [1.82, 2.24) is 9.78 Å². The molecule has 3 N–H and O–H groups in total. The Labute approximate surface area is 147 Å². The maximum Gasteiger partial charge on any atom is 0.356 e. The van der Waals surface area contributed by atoms with Crippen LogP contribution >= 0.6 is 0 Å². The molecule has 2 aromatic rings. The summed E-state index contributed by atoms with van der Waals surface area (Å²) in [6.45, 7) is 1.22. The Bertz CT molecular complexity index is 1110. The lowest BCUT2D eigenvalue weighted by molar-refractivity contribution is 0.0518. The number of benzene rings is 1. The number of esters is 1. The molecule has 0 saturated heterocycles. The fraction of sp³-hybridized carbons (Fsp3) is 0.231. The topological polar surface area (TPSA) is 173 Å². The Morgan fingerprint density at radius 1 is 1.15 bits per heavy atom. The average Bonchev–Trinajstić information content (AvgIpc) is 2.87. The van der Waals surface area contributed by atoms with Crippen LogP contribution in [0, 0.1) is 0 Å². The zero-order valence-corrected chi connectivity index (χ0v) is 14.9. The van der Waals surface area contributed by atoms with E-state index in [9.17, 15) is 31.0 Å². The maximum absolute atomic E-state index is 11.9. The first-order valence-corrected chi connectivity index (χ1v) is 9.86. The number of rotatable bonds is 6. The summed E-state index contributed by atoms with van der Waals surface area (Å²) < 4.78 is 69.2. The molecule has 1 heterocycles. The molecule has 13 heteroatoms. The minimum absolute atomic E-state index is 0.0794. The summed E-state index contributed by atoms with van der Waals surface area (Å²) in [5.74, 6) is -0.792. The molecule has 0 atom stereocenters. The van der Waals surface area contributed by atoms with Crippen LogP contribution in [0.2, 0.25) is 0 Å². The summed E-state index contributed by atoms with van der Waals surface area (Å²) in [5.41, 5.74) is -1.01. The molecule has 142 valence electrons. The van der Waals surface area contributed by atoms with Crippen LogP contribution in [0.4, 0.5) is 0 Å². The van der Waals surface area contributed by atoms with Gasteiger partial charge in [-0.2, -0.15) is 16.8 Å². The van der Waals surface area contributed by atoms with Gasteiger partial charge in [0.15, 0.2) is 0 Å². The van der Waals surface area contributed by atoms with Gasteiger partial charge in [-0.05, 0) is 24.6 Å². The molecule has 0 amide bonds. The zero-order chi connectivity index (χ0) is 19.7. The van der Waals surface area contributed by atoms with E-state index in [0.717, 1.165) is 22.9 Å². The number of carbonyl (C=O) groups is 1. The molecule has 0 spiro atoms. The minimum atomic E-state index is -4.86. The van der Waals surface area contributed by atoms with Crippen molar-refractivity contribution in [1.29, 1.82) is 0 Å². The van der Waals surface area contributed by atoms with Crippen molar-refractivity contribution < 1.29 is 35.5 Å². The van der Waals surface area contributed by atoms with E-state index in [4.69, 9.17) is 9.29 Å². The van der Waals surface area contributed by atoms with Crippen molar-refractivity contribution in [3.8, 4) is 0 Å². The number of nitrogens with zero attached hydrogens (tertiary/aromatic N) is 1. The number of aromatic nitrogens is 2. The van der Waals surface area contributed by atoms with E-state index in [-0.39, 0.29) is 17.9 Å². The van der Waals surface area contributed by atoms with Crippen LogP contribution in [0.15, 0.2) is 38.9 Å². The van der Waals surface area contributed by atoms with E-state index in [1.807, 2.05) is 0 Å². The molecule has 0 bridgehead atoms. The van der Waals surface area contributed by atoms with Crippen LogP contribution in [0.3, 0.4) is 0 Å². The molecule has 1 aromatic carbocycles. The molecule has 11 nitrogen and oxygen atoms in total. The van der Waals surface area contributed by atoms with Crippen LogP contribution in [0.25, 0.3) is 0 Å². The average molecular weight is 406 g/mol. The highest BCUT2D eigenvalue weighted by atomic mass is 32.2.